The Morgan fingerprint density at radius 2 is 2.10 bits per heavy atom. The fourth-order valence-corrected chi connectivity index (χ4v) is 2.07. The first-order valence-corrected chi connectivity index (χ1v) is 6.29. The molecule has 0 aliphatic heterocycles. The average molecular weight is 266 g/mol. The summed E-state index contributed by atoms with van der Waals surface area (Å²) in [5.74, 6) is -0.173. The molecule has 0 aliphatic rings. The van der Waals surface area contributed by atoms with E-state index in [2.05, 4.69) is 15.3 Å². The molecule has 0 spiro atoms. The summed E-state index contributed by atoms with van der Waals surface area (Å²) in [7, 11) is 0. The molecule has 0 atom stereocenters. The Balaban J connectivity index is 1.73. The van der Waals surface area contributed by atoms with Gasteiger partial charge in [0.1, 0.15) is 0 Å². The lowest BCUT2D eigenvalue weighted by molar-refractivity contribution is 0.0952. The molecule has 1 amide bonds. The quantitative estimate of drug-likeness (QED) is 0.634. The molecule has 0 radical (unpaired) electrons. The maximum atomic E-state index is 12.0. The van der Waals surface area contributed by atoms with Crippen LogP contribution in [0.2, 0.25) is 0 Å². The highest BCUT2D eigenvalue weighted by molar-refractivity contribution is 5.99. The van der Waals surface area contributed by atoms with Crippen LogP contribution in [0, 0.1) is 0 Å². The molecule has 2 aromatic carbocycles. The van der Waals surface area contributed by atoms with Crippen molar-refractivity contribution in [3.05, 3.63) is 59.9 Å². The molecule has 100 valence electrons. The lowest BCUT2D eigenvalue weighted by Crippen LogP contribution is -2.23. The molecule has 0 fully saturated rings. The molecule has 0 bridgehead atoms. The molecule has 0 saturated heterocycles. The SMILES string of the molecule is Nc1ccccc1C(=O)NCc1ccc2nc[nH]c2c1. The third-order valence-electron chi connectivity index (χ3n) is 3.14. The number of aromatic amines is 1. The van der Waals surface area contributed by atoms with Gasteiger partial charge in [0.2, 0.25) is 0 Å². The number of imidazole rings is 1. The zero-order valence-electron chi connectivity index (χ0n) is 10.8. The Morgan fingerprint density at radius 1 is 1.25 bits per heavy atom. The van der Waals surface area contributed by atoms with Gasteiger partial charge >= 0.3 is 0 Å². The van der Waals surface area contributed by atoms with Crippen LogP contribution >= 0.6 is 0 Å². The molecule has 3 rings (SSSR count). The van der Waals surface area contributed by atoms with Gasteiger partial charge in [-0.1, -0.05) is 18.2 Å². The number of benzene rings is 2. The molecule has 20 heavy (non-hydrogen) atoms. The van der Waals surface area contributed by atoms with E-state index in [-0.39, 0.29) is 5.91 Å². The number of fused-ring (bicyclic) bond motifs is 1. The number of carbonyl (C=O) groups is 1. The topological polar surface area (TPSA) is 83.8 Å². The summed E-state index contributed by atoms with van der Waals surface area (Å²) in [5, 5.41) is 2.86. The van der Waals surface area contributed by atoms with Crippen molar-refractivity contribution in [2.45, 2.75) is 6.54 Å². The number of nitrogens with zero attached hydrogens (tertiary/aromatic N) is 1. The van der Waals surface area contributed by atoms with Crippen molar-refractivity contribution in [2.75, 3.05) is 5.73 Å². The van der Waals surface area contributed by atoms with Crippen molar-refractivity contribution in [1.29, 1.82) is 0 Å². The van der Waals surface area contributed by atoms with E-state index in [1.54, 1.807) is 30.6 Å². The molecule has 3 aromatic rings. The summed E-state index contributed by atoms with van der Waals surface area (Å²) < 4.78 is 0. The van der Waals surface area contributed by atoms with Gasteiger partial charge in [0.25, 0.3) is 5.91 Å². The Kier molecular flexibility index (Phi) is 3.09. The summed E-state index contributed by atoms with van der Waals surface area (Å²) in [4.78, 5) is 19.2. The van der Waals surface area contributed by atoms with Gasteiger partial charge in [-0.25, -0.2) is 4.98 Å². The highest BCUT2D eigenvalue weighted by atomic mass is 16.1. The van der Waals surface area contributed by atoms with Gasteiger partial charge in [-0.15, -0.1) is 0 Å². The normalized spacial score (nSPS) is 10.6. The monoisotopic (exact) mass is 266 g/mol. The van der Waals surface area contributed by atoms with E-state index >= 15 is 0 Å². The standard InChI is InChI=1S/C15H14N4O/c16-12-4-2-1-3-11(12)15(20)17-8-10-5-6-13-14(7-10)19-9-18-13/h1-7,9H,8,16H2,(H,17,20)(H,18,19). The molecule has 0 unspecified atom stereocenters. The summed E-state index contributed by atoms with van der Waals surface area (Å²) in [6.45, 7) is 0.447. The predicted octanol–water partition coefficient (Wildman–Crippen LogP) is 2.08. The summed E-state index contributed by atoms with van der Waals surface area (Å²) in [6.07, 6.45) is 1.65. The second-order valence-corrected chi connectivity index (χ2v) is 4.52. The maximum Gasteiger partial charge on any atom is 0.253 e. The van der Waals surface area contributed by atoms with Crippen LogP contribution in [0.3, 0.4) is 0 Å². The van der Waals surface area contributed by atoms with E-state index in [0.717, 1.165) is 16.6 Å². The first kappa shape index (κ1) is 12.2. The number of nitrogens with one attached hydrogen (secondary N) is 2. The predicted molar refractivity (Wildman–Crippen MR) is 78.1 cm³/mol. The minimum Gasteiger partial charge on any atom is -0.398 e. The number of H-pyrrole nitrogens is 1. The van der Waals surface area contributed by atoms with Crippen LogP contribution in [0.25, 0.3) is 11.0 Å². The molecular weight excluding hydrogens is 252 g/mol. The highest BCUT2D eigenvalue weighted by Crippen LogP contribution is 2.13. The Bertz CT molecular complexity index is 763. The number of nitrogens with two attached hydrogens (primary N) is 1. The molecule has 1 aromatic heterocycles. The smallest absolute Gasteiger partial charge is 0.253 e. The third-order valence-corrected chi connectivity index (χ3v) is 3.14. The summed E-state index contributed by atoms with van der Waals surface area (Å²) >= 11 is 0. The zero-order chi connectivity index (χ0) is 13.9. The van der Waals surface area contributed by atoms with Crippen LogP contribution in [0.1, 0.15) is 15.9 Å². The maximum absolute atomic E-state index is 12.0. The number of anilines is 1. The van der Waals surface area contributed by atoms with Crippen molar-refractivity contribution in [3.63, 3.8) is 0 Å². The number of aromatic nitrogens is 2. The third kappa shape index (κ3) is 2.33. The lowest BCUT2D eigenvalue weighted by atomic mass is 10.1. The molecule has 0 saturated carbocycles. The number of para-hydroxylation sites is 1. The van der Waals surface area contributed by atoms with Gasteiger partial charge in [-0.2, -0.15) is 0 Å². The van der Waals surface area contributed by atoms with Gasteiger partial charge < -0.3 is 16.0 Å². The Morgan fingerprint density at radius 3 is 2.95 bits per heavy atom. The second-order valence-electron chi connectivity index (χ2n) is 4.52. The largest absolute Gasteiger partial charge is 0.398 e. The zero-order valence-corrected chi connectivity index (χ0v) is 10.8. The van der Waals surface area contributed by atoms with Crippen molar-refractivity contribution in [3.8, 4) is 0 Å². The molecule has 5 nitrogen and oxygen atoms in total. The van der Waals surface area contributed by atoms with Gasteiger partial charge in [0.05, 0.1) is 22.9 Å². The molecular formula is C15H14N4O. The molecule has 4 N–H and O–H groups in total. The second kappa shape index (κ2) is 5.05. The fraction of sp³-hybridized carbons (Fsp3) is 0.0667. The minimum atomic E-state index is -0.173. The average Bonchev–Trinajstić information content (AvgIpc) is 2.92. The van der Waals surface area contributed by atoms with E-state index in [0.29, 0.717) is 17.8 Å². The van der Waals surface area contributed by atoms with Crippen molar-refractivity contribution >= 4 is 22.6 Å². The van der Waals surface area contributed by atoms with Gasteiger partial charge in [-0.05, 0) is 29.8 Å². The summed E-state index contributed by atoms with van der Waals surface area (Å²) in [6, 6.07) is 12.9. The van der Waals surface area contributed by atoms with Crippen molar-refractivity contribution in [1.82, 2.24) is 15.3 Å². The van der Waals surface area contributed by atoms with Gasteiger partial charge in [-0.3, -0.25) is 4.79 Å². The number of amides is 1. The van der Waals surface area contributed by atoms with Crippen LogP contribution in [-0.2, 0) is 6.54 Å². The van der Waals surface area contributed by atoms with Crippen LogP contribution in [-0.4, -0.2) is 15.9 Å². The van der Waals surface area contributed by atoms with E-state index in [9.17, 15) is 4.79 Å². The number of hydrogen-bond acceptors (Lipinski definition) is 3. The molecule has 5 heteroatoms. The Hall–Kier alpha value is -2.82. The van der Waals surface area contributed by atoms with Crippen LogP contribution in [0.5, 0.6) is 0 Å². The van der Waals surface area contributed by atoms with E-state index in [1.807, 2.05) is 18.2 Å². The molecule has 0 aliphatic carbocycles. The number of nitrogen functional groups attached to an aromatic ring is 1. The van der Waals surface area contributed by atoms with E-state index < -0.39 is 0 Å². The van der Waals surface area contributed by atoms with Crippen molar-refractivity contribution in [2.24, 2.45) is 0 Å². The first-order valence-electron chi connectivity index (χ1n) is 6.29. The number of rotatable bonds is 3. The van der Waals surface area contributed by atoms with Crippen LogP contribution in [0.4, 0.5) is 5.69 Å². The highest BCUT2D eigenvalue weighted by Gasteiger charge is 2.08. The first-order chi connectivity index (χ1) is 9.74. The lowest BCUT2D eigenvalue weighted by Gasteiger charge is -2.07. The van der Waals surface area contributed by atoms with E-state index in [1.165, 1.54) is 0 Å². The van der Waals surface area contributed by atoms with Crippen LogP contribution in [0.15, 0.2) is 48.8 Å². The van der Waals surface area contributed by atoms with Crippen molar-refractivity contribution < 1.29 is 4.79 Å². The van der Waals surface area contributed by atoms with E-state index in [4.69, 9.17) is 5.73 Å². The molecule has 1 heterocycles. The van der Waals surface area contributed by atoms with Crippen LogP contribution < -0.4 is 11.1 Å². The fourth-order valence-electron chi connectivity index (χ4n) is 2.07. The van der Waals surface area contributed by atoms with Gasteiger partial charge in [0, 0.05) is 12.2 Å². The Labute approximate surface area is 115 Å². The summed E-state index contributed by atoms with van der Waals surface area (Å²) in [5.41, 5.74) is 9.62. The number of carbonyl (C=O) groups excluding carboxylic acids is 1. The van der Waals surface area contributed by atoms with Gasteiger partial charge in [0.15, 0.2) is 0 Å². The minimum absolute atomic E-state index is 0.173. The number of hydrogen-bond donors (Lipinski definition) is 3.